The van der Waals surface area contributed by atoms with E-state index in [0.717, 1.165) is 23.0 Å². The van der Waals surface area contributed by atoms with Gasteiger partial charge in [-0.2, -0.15) is 0 Å². The molecule has 3 aromatic rings. The summed E-state index contributed by atoms with van der Waals surface area (Å²) in [6, 6.07) is 14.0. The first-order chi connectivity index (χ1) is 12.4. The lowest BCUT2D eigenvalue weighted by molar-refractivity contribution is 0.103. The third-order valence-corrected chi connectivity index (χ3v) is 6.04. The second-order valence-electron chi connectivity index (χ2n) is 5.50. The number of para-hydroxylation sites is 2. The molecule has 0 spiro atoms. The molecule has 0 aliphatic heterocycles. The molecule has 0 unspecified atom stereocenters. The summed E-state index contributed by atoms with van der Waals surface area (Å²) in [7, 11) is -3.99. The van der Waals surface area contributed by atoms with E-state index in [-0.39, 0.29) is 15.5 Å². The summed E-state index contributed by atoms with van der Waals surface area (Å²) in [5.74, 6) is -1.08. The van der Waals surface area contributed by atoms with Gasteiger partial charge in [0.05, 0.1) is 15.5 Å². The van der Waals surface area contributed by atoms with Gasteiger partial charge in [-0.05, 0) is 36.8 Å². The number of anilines is 2. The highest BCUT2D eigenvalue weighted by Gasteiger charge is 2.20. The zero-order valence-electron chi connectivity index (χ0n) is 13.7. The Hall–Kier alpha value is -2.71. The van der Waals surface area contributed by atoms with Crippen LogP contribution in [0.3, 0.4) is 0 Å². The molecule has 5 nitrogen and oxygen atoms in total. The summed E-state index contributed by atoms with van der Waals surface area (Å²) in [6.45, 7) is 1.86. The predicted molar refractivity (Wildman–Crippen MR) is 101 cm³/mol. The molecule has 0 bridgehead atoms. The summed E-state index contributed by atoms with van der Waals surface area (Å²) < 4.78 is 40.6. The van der Waals surface area contributed by atoms with Crippen LogP contribution >= 0.6 is 11.3 Å². The second kappa shape index (κ2) is 7.27. The minimum absolute atomic E-state index is 0.0966. The summed E-state index contributed by atoms with van der Waals surface area (Å²) in [6.07, 6.45) is 0. The fourth-order valence-corrected chi connectivity index (χ4v) is 4.46. The average molecular weight is 390 g/mol. The van der Waals surface area contributed by atoms with Crippen molar-refractivity contribution in [2.75, 3.05) is 10.0 Å². The normalized spacial score (nSPS) is 11.2. The molecule has 0 aliphatic carbocycles. The van der Waals surface area contributed by atoms with Gasteiger partial charge in [-0.25, -0.2) is 12.8 Å². The Labute approximate surface area is 154 Å². The minimum Gasteiger partial charge on any atom is -0.321 e. The van der Waals surface area contributed by atoms with Gasteiger partial charge in [0, 0.05) is 11.1 Å². The molecule has 134 valence electrons. The average Bonchev–Trinajstić information content (AvgIpc) is 3.10. The van der Waals surface area contributed by atoms with E-state index < -0.39 is 21.7 Å². The number of thiophene rings is 1. The number of hydrogen-bond acceptors (Lipinski definition) is 4. The second-order valence-corrected chi connectivity index (χ2v) is 8.09. The number of hydrogen-bond donors (Lipinski definition) is 2. The van der Waals surface area contributed by atoms with Gasteiger partial charge in [0.2, 0.25) is 0 Å². The van der Waals surface area contributed by atoms with Crippen molar-refractivity contribution in [2.45, 2.75) is 11.8 Å². The van der Waals surface area contributed by atoms with Gasteiger partial charge in [-0.3, -0.25) is 9.52 Å². The van der Waals surface area contributed by atoms with Gasteiger partial charge in [-0.1, -0.05) is 30.3 Å². The van der Waals surface area contributed by atoms with Crippen LogP contribution in [0.15, 0.2) is 64.9 Å². The first-order valence-corrected chi connectivity index (χ1v) is 9.96. The van der Waals surface area contributed by atoms with Crippen LogP contribution in [0.4, 0.5) is 15.8 Å². The lowest BCUT2D eigenvalue weighted by atomic mass is 10.2. The van der Waals surface area contributed by atoms with Crippen LogP contribution in [0, 0.1) is 12.7 Å². The zero-order chi connectivity index (χ0) is 18.7. The van der Waals surface area contributed by atoms with Crippen molar-refractivity contribution in [2.24, 2.45) is 0 Å². The lowest BCUT2D eigenvalue weighted by Crippen LogP contribution is -2.14. The highest BCUT2D eigenvalue weighted by atomic mass is 32.2. The maximum absolute atomic E-state index is 13.7. The van der Waals surface area contributed by atoms with Crippen molar-refractivity contribution in [1.82, 2.24) is 0 Å². The first-order valence-electron chi connectivity index (χ1n) is 7.60. The maximum Gasteiger partial charge on any atom is 0.265 e. The molecule has 0 atom stereocenters. The van der Waals surface area contributed by atoms with Crippen LogP contribution in [0.25, 0.3) is 0 Å². The Bertz CT molecular complexity index is 1060. The highest BCUT2D eigenvalue weighted by Crippen LogP contribution is 2.24. The number of sulfonamides is 1. The van der Waals surface area contributed by atoms with E-state index in [4.69, 9.17) is 0 Å². The summed E-state index contributed by atoms with van der Waals surface area (Å²) in [5, 5.41) is 4.09. The number of amides is 1. The molecule has 0 saturated heterocycles. The molecule has 2 aromatic carbocycles. The third-order valence-electron chi connectivity index (χ3n) is 3.62. The number of halogens is 1. The first kappa shape index (κ1) is 18.1. The van der Waals surface area contributed by atoms with Gasteiger partial charge in [0.15, 0.2) is 0 Å². The number of aryl methyl sites for hydroxylation is 1. The van der Waals surface area contributed by atoms with Gasteiger partial charge < -0.3 is 5.32 Å². The molecule has 0 aliphatic rings. The Morgan fingerprint density at radius 2 is 1.69 bits per heavy atom. The van der Waals surface area contributed by atoms with Crippen LogP contribution in [0.5, 0.6) is 0 Å². The van der Waals surface area contributed by atoms with E-state index in [1.165, 1.54) is 29.6 Å². The summed E-state index contributed by atoms with van der Waals surface area (Å²) >= 11 is 0.999. The van der Waals surface area contributed by atoms with Crippen molar-refractivity contribution >= 4 is 38.6 Å². The smallest absolute Gasteiger partial charge is 0.265 e. The SMILES string of the molecule is Cc1ccccc1NC(=O)c1cc(S(=O)(=O)Nc2ccccc2F)cs1. The standard InChI is InChI=1S/C18H15FN2O3S2/c1-12-6-2-4-8-15(12)20-18(22)17-10-13(11-25-17)26(23,24)21-16-9-5-3-7-14(16)19/h2-11,21H,1H3,(H,20,22). The van der Waals surface area contributed by atoms with Crippen LogP contribution in [-0.4, -0.2) is 14.3 Å². The van der Waals surface area contributed by atoms with Crippen molar-refractivity contribution in [3.8, 4) is 0 Å². The predicted octanol–water partition coefficient (Wildman–Crippen LogP) is 4.25. The molecule has 26 heavy (non-hydrogen) atoms. The van der Waals surface area contributed by atoms with Crippen LogP contribution in [0.2, 0.25) is 0 Å². The van der Waals surface area contributed by atoms with E-state index >= 15 is 0 Å². The Morgan fingerprint density at radius 1 is 1.04 bits per heavy atom. The largest absolute Gasteiger partial charge is 0.321 e. The number of benzene rings is 2. The molecule has 0 radical (unpaired) electrons. The highest BCUT2D eigenvalue weighted by molar-refractivity contribution is 7.92. The van der Waals surface area contributed by atoms with E-state index in [9.17, 15) is 17.6 Å². The zero-order valence-corrected chi connectivity index (χ0v) is 15.3. The van der Waals surface area contributed by atoms with Crippen molar-refractivity contribution in [1.29, 1.82) is 0 Å². The van der Waals surface area contributed by atoms with E-state index in [1.54, 1.807) is 12.1 Å². The van der Waals surface area contributed by atoms with Crippen LogP contribution in [0.1, 0.15) is 15.2 Å². The monoisotopic (exact) mass is 390 g/mol. The Balaban J connectivity index is 1.79. The molecular weight excluding hydrogens is 375 g/mol. The molecule has 2 N–H and O–H groups in total. The molecule has 1 aromatic heterocycles. The Morgan fingerprint density at radius 3 is 2.38 bits per heavy atom. The molecule has 8 heteroatoms. The fourth-order valence-electron chi connectivity index (χ4n) is 2.22. The van der Waals surface area contributed by atoms with Gasteiger partial charge >= 0.3 is 0 Å². The van der Waals surface area contributed by atoms with Gasteiger partial charge in [0.1, 0.15) is 5.82 Å². The van der Waals surface area contributed by atoms with Crippen LogP contribution < -0.4 is 10.0 Å². The molecule has 0 saturated carbocycles. The lowest BCUT2D eigenvalue weighted by Gasteiger charge is -2.07. The topological polar surface area (TPSA) is 75.3 Å². The molecule has 1 amide bonds. The minimum atomic E-state index is -3.99. The van der Waals surface area contributed by atoms with Crippen molar-refractivity contribution in [3.05, 3.63) is 76.2 Å². The maximum atomic E-state index is 13.7. The fraction of sp³-hybridized carbons (Fsp3) is 0.0556. The molecule has 0 fully saturated rings. The number of carbonyl (C=O) groups excluding carboxylic acids is 1. The van der Waals surface area contributed by atoms with E-state index in [0.29, 0.717) is 5.69 Å². The van der Waals surface area contributed by atoms with Gasteiger partial charge in [-0.15, -0.1) is 11.3 Å². The van der Waals surface area contributed by atoms with Crippen molar-refractivity contribution in [3.63, 3.8) is 0 Å². The number of rotatable bonds is 5. The Kier molecular flexibility index (Phi) is 5.06. The molecule has 1 heterocycles. The van der Waals surface area contributed by atoms with E-state index in [2.05, 4.69) is 10.0 Å². The number of nitrogens with one attached hydrogen (secondary N) is 2. The van der Waals surface area contributed by atoms with E-state index in [1.807, 2.05) is 19.1 Å². The molecular formula is C18H15FN2O3S2. The molecule has 3 rings (SSSR count). The summed E-state index contributed by atoms with van der Waals surface area (Å²) in [5.41, 5.74) is 1.40. The van der Waals surface area contributed by atoms with Gasteiger partial charge in [0.25, 0.3) is 15.9 Å². The number of carbonyl (C=O) groups is 1. The van der Waals surface area contributed by atoms with Crippen molar-refractivity contribution < 1.29 is 17.6 Å². The van der Waals surface area contributed by atoms with Crippen LogP contribution in [-0.2, 0) is 10.0 Å². The third kappa shape index (κ3) is 3.92. The quantitative estimate of drug-likeness (QED) is 0.684. The summed E-state index contributed by atoms with van der Waals surface area (Å²) in [4.78, 5) is 12.5.